The molecule has 0 spiro atoms. The molecule has 0 aromatic carbocycles. The zero-order valence-corrected chi connectivity index (χ0v) is 13.7. The standard InChI is InChI=1S/C16H22N4O2/c1-8-9(2)14(16(22)18-10(8)3)15(21)17-7-6-13-11(4)19-20-12(13)5/h6-7H2,1-5H3,(H,17,21)(H,18,22)(H,19,20). The first-order chi connectivity index (χ1) is 10.3. The first kappa shape index (κ1) is 16.0. The molecule has 2 rings (SSSR count). The Morgan fingerprint density at radius 2 is 1.77 bits per heavy atom. The SMILES string of the molecule is Cc1n[nH]c(C)c1CCNC(=O)c1c(C)c(C)c(C)[nH]c1=O. The van der Waals surface area contributed by atoms with E-state index in [2.05, 4.69) is 20.5 Å². The third kappa shape index (κ3) is 2.95. The van der Waals surface area contributed by atoms with E-state index in [0.29, 0.717) is 13.0 Å². The van der Waals surface area contributed by atoms with E-state index in [4.69, 9.17) is 0 Å². The van der Waals surface area contributed by atoms with E-state index in [1.807, 2.05) is 27.7 Å². The lowest BCUT2D eigenvalue weighted by Crippen LogP contribution is -2.33. The summed E-state index contributed by atoms with van der Waals surface area (Å²) in [5.41, 5.74) is 5.37. The van der Waals surface area contributed by atoms with Crippen molar-refractivity contribution in [3.8, 4) is 0 Å². The number of carbonyl (C=O) groups excluding carboxylic acids is 1. The Morgan fingerprint density at radius 3 is 2.36 bits per heavy atom. The Bertz CT molecular complexity index is 752. The second-order valence-corrected chi connectivity index (χ2v) is 5.62. The van der Waals surface area contributed by atoms with Crippen molar-refractivity contribution in [2.45, 2.75) is 41.0 Å². The Morgan fingerprint density at radius 1 is 1.09 bits per heavy atom. The van der Waals surface area contributed by atoms with Gasteiger partial charge in [-0.3, -0.25) is 14.7 Å². The van der Waals surface area contributed by atoms with Crippen LogP contribution in [0.25, 0.3) is 0 Å². The summed E-state index contributed by atoms with van der Waals surface area (Å²) < 4.78 is 0. The van der Waals surface area contributed by atoms with Gasteiger partial charge in [-0.05, 0) is 57.7 Å². The van der Waals surface area contributed by atoms with Gasteiger partial charge in [0.25, 0.3) is 11.5 Å². The molecule has 0 aliphatic carbocycles. The van der Waals surface area contributed by atoms with Crippen LogP contribution in [0.15, 0.2) is 4.79 Å². The molecule has 1 amide bonds. The first-order valence-electron chi connectivity index (χ1n) is 7.31. The molecule has 6 nitrogen and oxygen atoms in total. The lowest BCUT2D eigenvalue weighted by molar-refractivity contribution is 0.0952. The van der Waals surface area contributed by atoms with Crippen LogP contribution in [0, 0.1) is 34.6 Å². The van der Waals surface area contributed by atoms with Crippen LogP contribution in [-0.4, -0.2) is 27.6 Å². The number of amides is 1. The van der Waals surface area contributed by atoms with E-state index in [-0.39, 0.29) is 17.0 Å². The minimum atomic E-state index is -0.339. The summed E-state index contributed by atoms with van der Waals surface area (Å²) in [7, 11) is 0. The number of nitrogens with one attached hydrogen (secondary N) is 3. The third-order valence-electron chi connectivity index (χ3n) is 4.20. The molecule has 0 bridgehead atoms. The van der Waals surface area contributed by atoms with Gasteiger partial charge in [-0.15, -0.1) is 0 Å². The molecule has 0 saturated heterocycles. The Kier molecular flexibility index (Phi) is 4.49. The molecule has 0 aliphatic rings. The molecule has 22 heavy (non-hydrogen) atoms. The molecule has 0 atom stereocenters. The Balaban J connectivity index is 2.11. The average Bonchev–Trinajstić information content (AvgIpc) is 2.76. The van der Waals surface area contributed by atoms with E-state index in [9.17, 15) is 9.59 Å². The van der Waals surface area contributed by atoms with Gasteiger partial charge in [-0.2, -0.15) is 5.10 Å². The van der Waals surface area contributed by atoms with Gasteiger partial charge in [-0.1, -0.05) is 0 Å². The molecule has 0 aliphatic heterocycles. The fourth-order valence-corrected chi connectivity index (χ4v) is 2.57. The average molecular weight is 302 g/mol. The summed E-state index contributed by atoms with van der Waals surface area (Å²) in [6, 6.07) is 0. The summed E-state index contributed by atoms with van der Waals surface area (Å²) in [5, 5.41) is 9.87. The number of rotatable bonds is 4. The van der Waals surface area contributed by atoms with Crippen LogP contribution < -0.4 is 10.9 Å². The Hall–Kier alpha value is -2.37. The molecule has 0 unspecified atom stereocenters. The van der Waals surface area contributed by atoms with Crippen molar-refractivity contribution in [1.29, 1.82) is 0 Å². The van der Waals surface area contributed by atoms with Crippen molar-refractivity contribution in [1.82, 2.24) is 20.5 Å². The van der Waals surface area contributed by atoms with Crippen molar-refractivity contribution >= 4 is 5.91 Å². The smallest absolute Gasteiger partial charge is 0.261 e. The molecule has 2 aromatic heterocycles. The molecule has 2 heterocycles. The highest BCUT2D eigenvalue weighted by Gasteiger charge is 2.16. The van der Waals surface area contributed by atoms with Crippen LogP contribution in [-0.2, 0) is 6.42 Å². The second-order valence-electron chi connectivity index (χ2n) is 5.62. The normalized spacial score (nSPS) is 10.8. The molecule has 0 saturated carbocycles. The van der Waals surface area contributed by atoms with E-state index in [1.54, 1.807) is 6.92 Å². The molecule has 0 fully saturated rings. The van der Waals surface area contributed by atoms with Crippen molar-refractivity contribution in [2.24, 2.45) is 0 Å². The molecular weight excluding hydrogens is 280 g/mol. The van der Waals surface area contributed by atoms with Crippen LogP contribution in [0.2, 0.25) is 0 Å². The maximum Gasteiger partial charge on any atom is 0.261 e. The number of aromatic nitrogens is 3. The van der Waals surface area contributed by atoms with Gasteiger partial charge in [0.05, 0.1) is 5.69 Å². The number of hydrogen-bond acceptors (Lipinski definition) is 3. The number of hydrogen-bond donors (Lipinski definition) is 3. The summed E-state index contributed by atoms with van der Waals surface area (Å²) in [5.74, 6) is -0.333. The van der Waals surface area contributed by atoms with E-state index in [0.717, 1.165) is 33.8 Å². The van der Waals surface area contributed by atoms with Gasteiger partial charge < -0.3 is 10.3 Å². The highest BCUT2D eigenvalue weighted by molar-refractivity contribution is 5.95. The van der Waals surface area contributed by atoms with Crippen molar-refractivity contribution < 1.29 is 4.79 Å². The molecule has 3 N–H and O–H groups in total. The predicted molar refractivity (Wildman–Crippen MR) is 85.4 cm³/mol. The Labute approximate surface area is 129 Å². The monoisotopic (exact) mass is 302 g/mol. The number of H-pyrrole nitrogens is 2. The highest BCUT2D eigenvalue weighted by Crippen LogP contribution is 2.12. The van der Waals surface area contributed by atoms with Crippen LogP contribution in [0.3, 0.4) is 0 Å². The molecule has 0 radical (unpaired) electrons. The zero-order valence-electron chi connectivity index (χ0n) is 13.7. The summed E-state index contributed by atoms with van der Waals surface area (Å²) in [4.78, 5) is 27.0. The number of carbonyl (C=O) groups is 1. The van der Waals surface area contributed by atoms with Gasteiger partial charge in [0, 0.05) is 17.9 Å². The zero-order chi connectivity index (χ0) is 16.4. The van der Waals surface area contributed by atoms with E-state index < -0.39 is 0 Å². The van der Waals surface area contributed by atoms with Crippen molar-refractivity contribution in [3.05, 3.63) is 49.7 Å². The topological polar surface area (TPSA) is 90.6 Å². The molecular formula is C16H22N4O2. The number of aryl methyl sites for hydroxylation is 3. The van der Waals surface area contributed by atoms with Crippen molar-refractivity contribution in [3.63, 3.8) is 0 Å². The molecule has 2 aromatic rings. The lowest BCUT2D eigenvalue weighted by Gasteiger charge is -2.11. The van der Waals surface area contributed by atoms with Gasteiger partial charge in [-0.25, -0.2) is 0 Å². The van der Waals surface area contributed by atoms with Crippen molar-refractivity contribution in [2.75, 3.05) is 6.54 Å². The fourth-order valence-electron chi connectivity index (χ4n) is 2.57. The number of pyridine rings is 1. The summed E-state index contributed by atoms with van der Waals surface area (Å²) >= 11 is 0. The second kappa shape index (κ2) is 6.17. The van der Waals surface area contributed by atoms with Crippen LogP contribution in [0.5, 0.6) is 0 Å². The summed E-state index contributed by atoms with van der Waals surface area (Å²) in [6.45, 7) is 9.88. The van der Waals surface area contributed by atoms with Crippen LogP contribution in [0.1, 0.15) is 44.1 Å². The highest BCUT2D eigenvalue weighted by atomic mass is 16.2. The predicted octanol–water partition coefficient (Wildman–Crippen LogP) is 1.61. The maximum absolute atomic E-state index is 12.3. The quantitative estimate of drug-likeness (QED) is 0.801. The van der Waals surface area contributed by atoms with Gasteiger partial charge in [0.2, 0.25) is 0 Å². The minimum Gasteiger partial charge on any atom is -0.352 e. The molecule has 118 valence electrons. The van der Waals surface area contributed by atoms with E-state index >= 15 is 0 Å². The van der Waals surface area contributed by atoms with Crippen LogP contribution >= 0.6 is 0 Å². The van der Waals surface area contributed by atoms with Gasteiger partial charge >= 0.3 is 0 Å². The largest absolute Gasteiger partial charge is 0.352 e. The van der Waals surface area contributed by atoms with E-state index in [1.165, 1.54) is 0 Å². The summed E-state index contributed by atoms with van der Waals surface area (Å²) in [6.07, 6.45) is 0.682. The third-order valence-corrected chi connectivity index (χ3v) is 4.20. The number of aromatic amines is 2. The fraction of sp³-hybridized carbons (Fsp3) is 0.438. The minimum absolute atomic E-state index is 0.198. The maximum atomic E-state index is 12.3. The van der Waals surface area contributed by atoms with Gasteiger partial charge in [0.15, 0.2) is 0 Å². The lowest BCUT2D eigenvalue weighted by atomic mass is 10.0. The molecule has 6 heteroatoms. The van der Waals surface area contributed by atoms with Crippen LogP contribution in [0.4, 0.5) is 0 Å². The number of nitrogens with zero attached hydrogens (tertiary/aromatic N) is 1. The van der Waals surface area contributed by atoms with Gasteiger partial charge in [0.1, 0.15) is 5.56 Å². The first-order valence-corrected chi connectivity index (χ1v) is 7.31.